The van der Waals surface area contributed by atoms with Gasteiger partial charge in [-0.25, -0.2) is 9.50 Å². The lowest BCUT2D eigenvalue weighted by Gasteiger charge is -2.40. The van der Waals surface area contributed by atoms with Crippen molar-refractivity contribution >= 4 is 16.6 Å². The number of nitrogens with one attached hydrogen (secondary N) is 1. The molecule has 6 rings (SSSR count). The Hall–Kier alpha value is -2.90. The second-order valence-electron chi connectivity index (χ2n) is 10.4. The van der Waals surface area contributed by atoms with Crippen LogP contribution in [0.1, 0.15) is 62.5 Å². The molecule has 2 aliphatic heterocycles. The van der Waals surface area contributed by atoms with Gasteiger partial charge in [0.15, 0.2) is 11.4 Å². The Kier molecular flexibility index (Phi) is 5.98. The Balaban J connectivity index is 1.38. The smallest absolute Gasteiger partial charge is 0.197 e. The lowest BCUT2D eigenvalue weighted by Crippen LogP contribution is -2.44. The van der Waals surface area contributed by atoms with Crippen molar-refractivity contribution in [3.05, 3.63) is 47.9 Å². The van der Waals surface area contributed by atoms with Crippen molar-refractivity contribution in [3.63, 3.8) is 0 Å². The Morgan fingerprint density at radius 3 is 2.80 bits per heavy atom. The number of rotatable bonds is 5. The summed E-state index contributed by atoms with van der Waals surface area (Å²) in [5, 5.41) is 5.69. The highest BCUT2D eigenvalue weighted by Gasteiger charge is 2.28. The van der Waals surface area contributed by atoms with Crippen LogP contribution in [0.5, 0.6) is 5.75 Å². The Labute approximate surface area is 206 Å². The van der Waals surface area contributed by atoms with E-state index in [1.54, 1.807) is 18.0 Å². The Morgan fingerprint density at radius 2 is 2.00 bits per heavy atom. The van der Waals surface area contributed by atoms with Crippen LogP contribution in [0.2, 0.25) is 0 Å². The van der Waals surface area contributed by atoms with Crippen molar-refractivity contribution in [1.82, 2.24) is 24.5 Å². The maximum absolute atomic E-state index is 5.63. The summed E-state index contributed by atoms with van der Waals surface area (Å²) in [6.45, 7) is 8.75. The molecule has 1 aromatic carbocycles. The van der Waals surface area contributed by atoms with Gasteiger partial charge in [0.1, 0.15) is 6.33 Å². The van der Waals surface area contributed by atoms with Gasteiger partial charge in [0.2, 0.25) is 0 Å². The van der Waals surface area contributed by atoms with E-state index >= 15 is 0 Å². The molecule has 7 heteroatoms. The molecule has 2 saturated heterocycles. The van der Waals surface area contributed by atoms with E-state index < -0.39 is 0 Å². The van der Waals surface area contributed by atoms with E-state index in [1.807, 2.05) is 6.20 Å². The molecule has 3 aromatic heterocycles. The van der Waals surface area contributed by atoms with E-state index in [0.717, 1.165) is 42.4 Å². The van der Waals surface area contributed by atoms with Crippen molar-refractivity contribution < 1.29 is 9.47 Å². The quantitative estimate of drug-likeness (QED) is 0.422. The second kappa shape index (κ2) is 9.28. The molecule has 2 aliphatic rings. The van der Waals surface area contributed by atoms with Crippen LogP contribution < -0.4 is 4.74 Å². The standard InChI is InChI=1S/C28H35N5O2/c1-18(2)26-23-13-19(20-5-4-10-32(15-20)22-8-11-35-12-9-22)6-7-24(23)31-27(26)21-14-25(34-3)28-29-17-30-33(28)16-21/h6-7,13-14,16-18,20,22,31H,4-5,8-12,15H2,1-3H3. The molecule has 1 unspecified atom stereocenters. The number of H-pyrrole nitrogens is 1. The van der Waals surface area contributed by atoms with Crippen molar-refractivity contribution in [3.8, 4) is 17.0 Å². The third-order valence-corrected chi connectivity index (χ3v) is 7.92. The number of benzene rings is 1. The molecule has 0 saturated carbocycles. The Morgan fingerprint density at radius 1 is 1.14 bits per heavy atom. The fourth-order valence-electron chi connectivity index (χ4n) is 6.15. The lowest BCUT2D eigenvalue weighted by molar-refractivity contribution is 0.0240. The number of pyridine rings is 1. The summed E-state index contributed by atoms with van der Waals surface area (Å²) in [5.74, 6) is 1.68. The molecule has 0 amide bonds. The molecule has 1 N–H and O–H groups in total. The molecular formula is C28H35N5O2. The first-order valence-electron chi connectivity index (χ1n) is 13.0. The normalized spacial score (nSPS) is 20.3. The van der Waals surface area contributed by atoms with Crippen molar-refractivity contribution in [2.24, 2.45) is 0 Å². The van der Waals surface area contributed by atoms with Crippen LogP contribution in [0.4, 0.5) is 0 Å². The number of piperidine rings is 1. The van der Waals surface area contributed by atoms with Gasteiger partial charge < -0.3 is 14.5 Å². The SMILES string of the molecule is COc1cc(-c2[nH]c3ccc(C4CCCN(C5CCOCC5)C4)cc3c2C(C)C)cn2ncnc12. The number of aromatic nitrogens is 4. The van der Waals surface area contributed by atoms with Crippen LogP contribution in [0, 0.1) is 0 Å². The zero-order chi connectivity index (χ0) is 23.9. The van der Waals surface area contributed by atoms with Crippen LogP contribution in [0.25, 0.3) is 27.8 Å². The largest absolute Gasteiger partial charge is 0.493 e. The highest BCUT2D eigenvalue weighted by atomic mass is 16.5. The average Bonchev–Trinajstić information content (AvgIpc) is 3.53. The molecule has 5 heterocycles. The Bertz CT molecular complexity index is 1330. The topological polar surface area (TPSA) is 67.7 Å². The maximum Gasteiger partial charge on any atom is 0.197 e. The fraction of sp³-hybridized carbons (Fsp3) is 0.500. The molecule has 184 valence electrons. The van der Waals surface area contributed by atoms with E-state index in [2.05, 4.69) is 58.1 Å². The molecule has 0 aliphatic carbocycles. The number of hydrogen-bond donors (Lipinski definition) is 1. The second-order valence-corrected chi connectivity index (χ2v) is 10.4. The zero-order valence-electron chi connectivity index (χ0n) is 21.0. The maximum atomic E-state index is 5.63. The predicted molar refractivity (Wildman–Crippen MR) is 138 cm³/mol. The van der Waals surface area contributed by atoms with Gasteiger partial charge in [0, 0.05) is 48.5 Å². The third-order valence-electron chi connectivity index (χ3n) is 7.92. The monoisotopic (exact) mass is 473 g/mol. The number of aromatic amines is 1. The van der Waals surface area contributed by atoms with E-state index in [9.17, 15) is 0 Å². The molecule has 1 atom stereocenters. The van der Waals surface area contributed by atoms with Gasteiger partial charge in [0.25, 0.3) is 0 Å². The van der Waals surface area contributed by atoms with Gasteiger partial charge in [-0.1, -0.05) is 19.9 Å². The van der Waals surface area contributed by atoms with E-state index in [4.69, 9.17) is 9.47 Å². The third kappa shape index (κ3) is 4.10. The number of likely N-dealkylation sites (tertiary alicyclic amines) is 1. The van der Waals surface area contributed by atoms with Crippen LogP contribution >= 0.6 is 0 Å². The minimum Gasteiger partial charge on any atom is -0.493 e. The van der Waals surface area contributed by atoms with Gasteiger partial charge >= 0.3 is 0 Å². The summed E-state index contributed by atoms with van der Waals surface area (Å²) < 4.78 is 13.0. The number of methoxy groups -OCH3 is 1. The van der Waals surface area contributed by atoms with Gasteiger partial charge in [0.05, 0.1) is 12.8 Å². The molecule has 4 aromatic rings. The molecule has 2 fully saturated rings. The average molecular weight is 474 g/mol. The summed E-state index contributed by atoms with van der Waals surface area (Å²) >= 11 is 0. The number of nitrogens with zero attached hydrogens (tertiary/aromatic N) is 4. The molecule has 0 radical (unpaired) electrons. The van der Waals surface area contributed by atoms with Crippen LogP contribution in [-0.4, -0.2) is 63.9 Å². The fourth-order valence-corrected chi connectivity index (χ4v) is 6.15. The van der Waals surface area contributed by atoms with Crippen LogP contribution in [-0.2, 0) is 4.74 Å². The van der Waals surface area contributed by atoms with Crippen LogP contribution in [0.3, 0.4) is 0 Å². The number of ether oxygens (including phenoxy) is 2. The highest BCUT2D eigenvalue weighted by molar-refractivity contribution is 5.92. The molecule has 0 bridgehead atoms. The van der Waals surface area contributed by atoms with Gasteiger partial charge in [-0.2, -0.15) is 5.10 Å². The summed E-state index contributed by atoms with van der Waals surface area (Å²) in [7, 11) is 1.68. The molecule has 7 nitrogen and oxygen atoms in total. The number of hydrogen-bond acceptors (Lipinski definition) is 5. The zero-order valence-corrected chi connectivity index (χ0v) is 21.0. The molecule has 35 heavy (non-hydrogen) atoms. The minimum absolute atomic E-state index is 0.372. The van der Waals surface area contributed by atoms with E-state index in [1.165, 1.54) is 54.3 Å². The summed E-state index contributed by atoms with van der Waals surface area (Å²) in [4.78, 5) is 10.8. The minimum atomic E-state index is 0.372. The van der Waals surface area contributed by atoms with Crippen molar-refractivity contribution in [2.45, 2.75) is 57.4 Å². The first-order valence-corrected chi connectivity index (χ1v) is 13.0. The van der Waals surface area contributed by atoms with Gasteiger partial charge in [-0.3, -0.25) is 4.90 Å². The summed E-state index contributed by atoms with van der Waals surface area (Å²) in [6.07, 6.45) is 8.48. The predicted octanol–water partition coefficient (Wildman–Crippen LogP) is 5.37. The van der Waals surface area contributed by atoms with Gasteiger partial charge in [-0.05, 0) is 73.4 Å². The van der Waals surface area contributed by atoms with Crippen LogP contribution in [0.15, 0.2) is 36.8 Å². The number of fused-ring (bicyclic) bond motifs is 2. The lowest BCUT2D eigenvalue weighted by atomic mass is 9.87. The van der Waals surface area contributed by atoms with Gasteiger partial charge in [-0.15, -0.1) is 0 Å². The summed E-state index contributed by atoms with van der Waals surface area (Å²) in [6, 6.07) is 9.81. The van der Waals surface area contributed by atoms with Crippen molar-refractivity contribution in [1.29, 1.82) is 0 Å². The highest BCUT2D eigenvalue weighted by Crippen LogP contribution is 2.39. The first kappa shape index (κ1) is 22.6. The van der Waals surface area contributed by atoms with Crippen molar-refractivity contribution in [2.75, 3.05) is 33.4 Å². The van der Waals surface area contributed by atoms with E-state index in [-0.39, 0.29) is 0 Å². The molecule has 0 spiro atoms. The first-order chi connectivity index (χ1) is 17.1. The summed E-state index contributed by atoms with van der Waals surface area (Å²) in [5.41, 5.74) is 6.92. The molecular weight excluding hydrogens is 438 g/mol. The van der Waals surface area contributed by atoms with E-state index in [0.29, 0.717) is 17.9 Å².